The summed E-state index contributed by atoms with van der Waals surface area (Å²) in [6.45, 7) is 5.01. The Morgan fingerprint density at radius 1 is 1.06 bits per heavy atom. The first-order chi connectivity index (χ1) is 14.9. The first-order valence-corrected chi connectivity index (χ1v) is 10.6. The number of nitrogens with one attached hydrogen (secondary N) is 1. The Bertz CT molecular complexity index is 1070. The van der Waals surface area contributed by atoms with Crippen molar-refractivity contribution in [2.75, 3.05) is 13.1 Å². The fourth-order valence-electron chi connectivity index (χ4n) is 4.03. The maximum Gasteiger partial charge on any atom is 0.251 e. The average Bonchev–Trinajstić information content (AvgIpc) is 3.21. The van der Waals surface area contributed by atoms with Crippen molar-refractivity contribution in [2.45, 2.75) is 38.6 Å². The van der Waals surface area contributed by atoms with Crippen molar-refractivity contribution in [3.63, 3.8) is 0 Å². The van der Waals surface area contributed by atoms with Crippen LogP contribution in [-0.4, -0.2) is 50.4 Å². The Labute approximate surface area is 180 Å². The number of carbonyl (C=O) groups excluding carboxylic acids is 2. The molecule has 0 saturated carbocycles. The summed E-state index contributed by atoms with van der Waals surface area (Å²) in [6, 6.07) is 10.5. The van der Waals surface area contributed by atoms with Crippen molar-refractivity contribution in [3.05, 3.63) is 65.9 Å². The zero-order valence-corrected chi connectivity index (χ0v) is 17.7. The molecule has 1 atom stereocenters. The summed E-state index contributed by atoms with van der Waals surface area (Å²) in [7, 11) is 0. The van der Waals surface area contributed by atoms with Crippen LogP contribution in [0.2, 0.25) is 0 Å². The van der Waals surface area contributed by atoms with E-state index in [1.54, 1.807) is 0 Å². The smallest absolute Gasteiger partial charge is 0.251 e. The second-order valence-corrected chi connectivity index (χ2v) is 8.29. The van der Waals surface area contributed by atoms with Crippen LogP contribution in [0.3, 0.4) is 0 Å². The molecule has 1 fully saturated rings. The summed E-state index contributed by atoms with van der Waals surface area (Å²) in [5, 5.41) is 11.4. The molecule has 1 aromatic carbocycles. The molecule has 4 rings (SSSR count). The van der Waals surface area contributed by atoms with E-state index in [1.807, 2.05) is 47.5 Å². The van der Waals surface area contributed by atoms with Crippen LogP contribution in [-0.2, 0) is 4.79 Å². The Morgan fingerprint density at radius 3 is 2.45 bits per heavy atom. The van der Waals surface area contributed by atoms with Gasteiger partial charge in [-0.05, 0) is 55.2 Å². The number of likely N-dealkylation sites (tertiary alicyclic amines) is 1. The molecule has 162 valence electrons. The third-order valence-electron chi connectivity index (χ3n) is 5.84. The van der Waals surface area contributed by atoms with E-state index in [0.29, 0.717) is 18.7 Å². The van der Waals surface area contributed by atoms with E-state index < -0.39 is 11.9 Å². The topological polar surface area (TPSA) is 79.6 Å². The van der Waals surface area contributed by atoms with Gasteiger partial charge in [0.15, 0.2) is 5.65 Å². The van der Waals surface area contributed by atoms with E-state index in [2.05, 4.69) is 15.5 Å². The zero-order valence-electron chi connectivity index (χ0n) is 17.7. The summed E-state index contributed by atoms with van der Waals surface area (Å²) in [5.41, 5.74) is 1.15. The molecule has 0 radical (unpaired) electrons. The van der Waals surface area contributed by atoms with Crippen LogP contribution in [0.5, 0.6) is 0 Å². The predicted octanol–water partition coefficient (Wildman–Crippen LogP) is 3.03. The Hall–Kier alpha value is -3.29. The van der Waals surface area contributed by atoms with Crippen LogP contribution in [0.4, 0.5) is 4.39 Å². The van der Waals surface area contributed by atoms with E-state index >= 15 is 0 Å². The molecule has 1 N–H and O–H groups in total. The Balaban J connectivity index is 1.41. The number of benzene rings is 1. The molecule has 1 aliphatic rings. The van der Waals surface area contributed by atoms with Gasteiger partial charge in [0.1, 0.15) is 17.7 Å². The number of pyridine rings is 1. The van der Waals surface area contributed by atoms with E-state index in [0.717, 1.165) is 24.3 Å². The van der Waals surface area contributed by atoms with Gasteiger partial charge in [-0.25, -0.2) is 4.39 Å². The lowest BCUT2D eigenvalue weighted by molar-refractivity contribution is -0.135. The molecule has 1 aliphatic heterocycles. The van der Waals surface area contributed by atoms with Crippen molar-refractivity contribution in [1.29, 1.82) is 0 Å². The highest BCUT2D eigenvalue weighted by atomic mass is 19.1. The molecule has 3 aromatic rings. The van der Waals surface area contributed by atoms with Crippen LogP contribution in [0, 0.1) is 11.7 Å². The molecule has 1 unspecified atom stereocenters. The van der Waals surface area contributed by atoms with Gasteiger partial charge in [0.2, 0.25) is 5.91 Å². The number of hydrogen-bond acceptors (Lipinski definition) is 4. The van der Waals surface area contributed by atoms with Crippen molar-refractivity contribution in [2.24, 2.45) is 5.92 Å². The molecule has 0 spiro atoms. The summed E-state index contributed by atoms with van der Waals surface area (Å²) < 4.78 is 15.1. The standard InChI is InChI=1S/C23H26FN5O2/c1-15(2)20(25-22(30)17-6-8-18(24)9-7-17)23(31)28-13-10-16(11-14-28)21-27-26-19-5-3-4-12-29(19)21/h3-9,12,15-16,20H,10-11,13-14H2,1-2H3,(H,25,30). The molecule has 8 heteroatoms. The van der Waals surface area contributed by atoms with Crippen molar-refractivity contribution < 1.29 is 14.0 Å². The van der Waals surface area contributed by atoms with E-state index in [4.69, 9.17) is 0 Å². The quantitative estimate of drug-likeness (QED) is 0.684. The molecular formula is C23H26FN5O2. The molecule has 7 nitrogen and oxygen atoms in total. The molecule has 0 aliphatic carbocycles. The number of rotatable bonds is 5. The van der Waals surface area contributed by atoms with Gasteiger partial charge < -0.3 is 10.2 Å². The fourth-order valence-corrected chi connectivity index (χ4v) is 4.03. The summed E-state index contributed by atoms with van der Waals surface area (Å²) in [6.07, 6.45) is 3.54. The van der Waals surface area contributed by atoms with Gasteiger partial charge in [-0.2, -0.15) is 0 Å². The summed E-state index contributed by atoms with van der Waals surface area (Å²) in [4.78, 5) is 27.6. The van der Waals surface area contributed by atoms with Crippen molar-refractivity contribution in [3.8, 4) is 0 Å². The highest BCUT2D eigenvalue weighted by Gasteiger charge is 2.32. The minimum Gasteiger partial charge on any atom is -0.341 e. The zero-order chi connectivity index (χ0) is 22.0. The maximum atomic E-state index is 13.2. The number of fused-ring (bicyclic) bond motifs is 1. The highest BCUT2D eigenvalue weighted by Crippen LogP contribution is 2.27. The Kier molecular flexibility index (Phi) is 5.97. The third kappa shape index (κ3) is 4.42. The monoisotopic (exact) mass is 423 g/mol. The first-order valence-electron chi connectivity index (χ1n) is 10.6. The normalized spacial score (nSPS) is 15.9. The van der Waals surface area contributed by atoms with Crippen LogP contribution in [0.1, 0.15) is 48.8 Å². The van der Waals surface area contributed by atoms with Gasteiger partial charge in [-0.3, -0.25) is 14.0 Å². The Morgan fingerprint density at radius 2 is 1.77 bits per heavy atom. The molecule has 2 aromatic heterocycles. The number of piperidine rings is 1. The summed E-state index contributed by atoms with van der Waals surface area (Å²) in [5.74, 6) is 0.207. The van der Waals surface area contributed by atoms with Gasteiger partial charge in [-0.15, -0.1) is 10.2 Å². The molecular weight excluding hydrogens is 397 g/mol. The number of amides is 2. The van der Waals surface area contributed by atoms with Gasteiger partial charge >= 0.3 is 0 Å². The maximum absolute atomic E-state index is 13.2. The van der Waals surface area contributed by atoms with E-state index in [9.17, 15) is 14.0 Å². The number of aromatic nitrogens is 3. The third-order valence-corrected chi connectivity index (χ3v) is 5.84. The fraction of sp³-hybridized carbons (Fsp3) is 0.391. The first kappa shape index (κ1) is 21.0. The lowest BCUT2D eigenvalue weighted by Gasteiger charge is -2.35. The van der Waals surface area contributed by atoms with Crippen LogP contribution in [0.15, 0.2) is 48.7 Å². The van der Waals surface area contributed by atoms with Gasteiger partial charge in [0.05, 0.1) is 0 Å². The average molecular weight is 423 g/mol. The van der Waals surface area contributed by atoms with E-state index in [1.165, 1.54) is 24.3 Å². The van der Waals surface area contributed by atoms with Crippen LogP contribution >= 0.6 is 0 Å². The van der Waals surface area contributed by atoms with Crippen LogP contribution < -0.4 is 5.32 Å². The molecule has 0 bridgehead atoms. The largest absolute Gasteiger partial charge is 0.341 e. The van der Waals surface area contributed by atoms with Crippen molar-refractivity contribution >= 4 is 17.5 Å². The van der Waals surface area contributed by atoms with Gasteiger partial charge in [-0.1, -0.05) is 19.9 Å². The minimum atomic E-state index is -0.636. The highest BCUT2D eigenvalue weighted by molar-refractivity contribution is 5.97. The van der Waals surface area contributed by atoms with Crippen LogP contribution in [0.25, 0.3) is 5.65 Å². The lowest BCUT2D eigenvalue weighted by Crippen LogP contribution is -2.52. The summed E-state index contributed by atoms with van der Waals surface area (Å²) >= 11 is 0. The lowest BCUT2D eigenvalue weighted by atomic mass is 9.94. The van der Waals surface area contributed by atoms with Crippen molar-refractivity contribution in [1.82, 2.24) is 24.8 Å². The SMILES string of the molecule is CC(C)C(NC(=O)c1ccc(F)cc1)C(=O)N1CCC(c2nnc3ccccn23)CC1. The molecule has 2 amide bonds. The number of nitrogens with zero attached hydrogens (tertiary/aromatic N) is 4. The predicted molar refractivity (Wildman–Crippen MR) is 114 cm³/mol. The molecule has 31 heavy (non-hydrogen) atoms. The number of carbonyl (C=O) groups is 2. The van der Waals surface area contributed by atoms with Gasteiger partial charge in [0.25, 0.3) is 5.91 Å². The minimum absolute atomic E-state index is 0.0740. The van der Waals surface area contributed by atoms with E-state index in [-0.39, 0.29) is 23.7 Å². The molecule has 1 saturated heterocycles. The second kappa shape index (κ2) is 8.83. The van der Waals surface area contributed by atoms with Gasteiger partial charge in [0, 0.05) is 30.8 Å². The number of hydrogen-bond donors (Lipinski definition) is 1. The number of halogens is 1. The second-order valence-electron chi connectivity index (χ2n) is 8.29. The molecule has 3 heterocycles.